The molecule has 3 aromatic rings. The van der Waals surface area contributed by atoms with Crippen LogP contribution >= 0.6 is 0 Å². The molecule has 0 spiro atoms. The van der Waals surface area contributed by atoms with Gasteiger partial charge in [0, 0.05) is 30.5 Å². The Morgan fingerprint density at radius 1 is 0.900 bits per heavy atom. The van der Waals surface area contributed by atoms with Gasteiger partial charge in [-0.15, -0.1) is 0 Å². The number of hydrogen-bond donors (Lipinski definition) is 2. The third-order valence-corrected chi connectivity index (χ3v) is 4.68. The van der Waals surface area contributed by atoms with Gasteiger partial charge in [0.05, 0.1) is 13.7 Å². The molecule has 3 rings (SSSR count). The van der Waals surface area contributed by atoms with Crippen molar-refractivity contribution in [3.63, 3.8) is 0 Å². The number of para-hydroxylation sites is 1. The molecular formula is C24H25N3O3. The molecule has 0 bridgehead atoms. The summed E-state index contributed by atoms with van der Waals surface area (Å²) in [6.07, 6.45) is 0. The van der Waals surface area contributed by atoms with Crippen molar-refractivity contribution in [2.24, 2.45) is 0 Å². The highest BCUT2D eigenvalue weighted by Gasteiger charge is 2.13. The Morgan fingerprint density at radius 3 is 2.20 bits per heavy atom. The van der Waals surface area contributed by atoms with Crippen LogP contribution in [0.15, 0.2) is 78.9 Å². The zero-order valence-electron chi connectivity index (χ0n) is 17.1. The summed E-state index contributed by atoms with van der Waals surface area (Å²) in [7, 11) is 3.36. The molecule has 0 atom stereocenters. The number of nitrogens with zero attached hydrogens (tertiary/aromatic N) is 1. The molecule has 2 amide bonds. The number of ether oxygens (including phenoxy) is 1. The van der Waals surface area contributed by atoms with Crippen LogP contribution in [0, 0.1) is 0 Å². The number of nitrogens with one attached hydrogen (secondary N) is 2. The molecule has 0 aromatic heterocycles. The molecule has 6 heteroatoms. The number of benzene rings is 3. The van der Waals surface area contributed by atoms with Crippen molar-refractivity contribution in [2.45, 2.75) is 6.54 Å². The molecule has 6 nitrogen and oxygen atoms in total. The van der Waals surface area contributed by atoms with E-state index in [1.807, 2.05) is 54.6 Å². The number of amides is 2. The highest BCUT2D eigenvalue weighted by Crippen LogP contribution is 2.16. The third-order valence-electron chi connectivity index (χ3n) is 4.68. The van der Waals surface area contributed by atoms with Gasteiger partial charge in [-0.25, -0.2) is 0 Å². The fourth-order valence-corrected chi connectivity index (χ4v) is 2.88. The molecule has 0 saturated carbocycles. The monoisotopic (exact) mass is 403 g/mol. The van der Waals surface area contributed by atoms with Crippen molar-refractivity contribution >= 4 is 23.2 Å². The minimum atomic E-state index is -0.116. The van der Waals surface area contributed by atoms with Crippen LogP contribution in [-0.2, 0) is 11.3 Å². The van der Waals surface area contributed by atoms with Gasteiger partial charge in [0.1, 0.15) is 5.75 Å². The number of methoxy groups -OCH3 is 1. The van der Waals surface area contributed by atoms with E-state index in [2.05, 4.69) is 10.6 Å². The molecule has 0 fully saturated rings. The maximum Gasteiger partial charge on any atom is 0.258 e. The molecule has 30 heavy (non-hydrogen) atoms. The Labute approximate surface area is 176 Å². The minimum Gasteiger partial charge on any atom is -0.497 e. The molecule has 0 saturated heterocycles. The van der Waals surface area contributed by atoms with Crippen LogP contribution in [0.3, 0.4) is 0 Å². The number of carbonyl (C=O) groups is 2. The highest BCUT2D eigenvalue weighted by atomic mass is 16.5. The molecule has 2 N–H and O–H groups in total. The quantitative estimate of drug-likeness (QED) is 0.602. The van der Waals surface area contributed by atoms with Gasteiger partial charge < -0.3 is 20.3 Å². The summed E-state index contributed by atoms with van der Waals surface area (Å²) in [5.41, 5.74) is 3.18. The Kier molecular flexibility index (Phi) is 7.05. The maximum absolute atomic E-state index is 12.6. The normalized spacial score (nSPS) is 10.2. The van der Waals surface area contributed by atoms with E-state index in [-0.39, 0.29) is 18.4 Å². The van der Waals surface area contributed by atoms with Gasteiger partial charge in [-0.1, -0.05) is 30.3 Å². The predicted octanol–water partition coefficient (Wildman–Crippen LogP) is 3.70. The first kappa shape index (κ1) is 20.9. The van der Waals surface area contributed by atoms with Crippen LogP contribution < -0.4 is 20.3 Å². The highest BCUT2D eigenvalue weighted by molar-refractivity contribution is 6.05. The predicted molar refractivity (Wildman–Crippen MR) is 119 cm³/mol. The smallest absolute Gasteiger partial charge is 0.258 e. The van der Waals surface area contributed by atoms with Crippen LogP contribution in [0.25, 0.3) is 0 Å². The zero-order chi connectivity index (χ0) is 21.3. The van der Waals surface area contributed by atoms with Crippen LogP contribution in [-0.4, -0.2) is 32.5 Å². The fourth-order valence-electron chi connectivity index (χ4n) is 2.88. The fraction of sp³-hybridized carbons (Fsp3) is 0.167. The van der Waals surface area contributed by atoms with Gasteiger partial charge >= 0.3 is 0 Å². The van der Waals surface area contributed by atoms with Gasteiger partial charge in [0.25, 0.3) is 5.91 Å². The second kappa shape index (κ2) is 10.1. The summed E-state index contributed by atoms with van der Waals surface area (Å²) in [6, 6.07) is 24.1. The summed E-state index contributed by atoms with van der Waals surface area (Å²) in [6.45, 7) is 0.594. The largest absolute Gasteiger partial charge is 0.497 e. The summed E-state index contributed by atoms with van der Waals surface area (Å²) in [5.74, 6) is 0.573. The van der Waals surface area contributed by atoms with Crippen molar-refractivity contribution in [3.05, 3.63) is 90.0 Å². The van der Waals surface area contributed by atoms with Crippen molar-refractivity contribution in [2.75, 3.05) is 30.9 Å². The number of carbonyl (C=O) groups excluding carboxylic acids is 2. The molecule has 0 aliphatic carbocycles. The van der Waals surface area contributed by atoms with E-state index in [1.54, 1.807) is 43.3 Å². The van der Waals surface area contributed by atoms with Crippen LogP contribution in [0.2, 0.25) is 0 Å². The second-order valence-electron chi connectivity index (χ2n) is 6.76. The zero-order valence-corrected chi connectivity index (χ0v) is 17.1. The number of anilines is 2. The third kappa shape index (κ3) is 5.61. The minimum absolute atomic E-state index is 0.0926. The molecule has 0 aliphatic heterocycles. The average molecular weight is 403 g/mol. The molecule has 154 valence electrons. The van der Waals surface area contributed by atoms with Crippen molar-refractivity contribution < 1.29 is 14.3 Å². The van der Waals surface area contributed by atoms with Crippen LogP contribution in [0.1, 0.15) is 15.9 Å². The molecule has 0 unspecified atom stereocenters. The van der Waals surface area contributed by atoms with Gasteiger partial charge in [-0.2, -0.15) is 0 Å². The lowest BCUT2D eigenvalue weighted by Gasteiger charge is -2.17. The lowest BCUT2D eigenvalue weighted by atomic mass is 10.1. The Bertz CT molecular complexity index is 971. The first-order valence-electron chi connectivity index (χ1n) is 9.63. The molecular weight excluding hydrogens is 378 g/mol. The Morgan fingerprint density at radius 2 is 1.57 bits per heavy atom. The topological polar surface area (TPSA) is 70.7 Å². The van der Waals surface area contributed by atoms with E-state index in [9.17, 15) is 9.59 Å². The van der Waals surface area contributed by atoms with Crippen molar-refractivity contribution in [1.82, 2.24) is 5.32 Å². The summed E-state index contributed by atoms with van der Waals surface area (Å²) < 4.78 is 5.12. The lowest BCUT2D eigenvalue weighted by molar-refractivity contribution is -0.119. The summed E-state index contributed by atoms with van der Waals surface area (Å²) >= 11 is 0. The molecule has 0 radical (unpaired) electrons. The van der Waals surface area contributed by atoms with Gasteiger partial charge in [-0.3, -0.25) is 9.59 Å². The maximum atomic E-state index is 12.6. The first-order valence-corrected chi connectivity index (χ1v) is 9.63. The molecule has 0 heterocycles. The van der Waals surface area contributed by atoms with Gasteiger partial charge in [0.2, 0.25) is 5.91 Å². The summed E-state index contributed by atoms with van der Waals surface area (Å²) in [5, 5.41) is 5.94. The van der Waals surface area contributed by atoms with E-state index in [4.69, 9.17) is 4.74 Å². The van der Waals surface area contributed by atoms with Crippen LogP contribution in [0.4, 0.5) is 11.4 Å². The van der Waals surface area contributed by atoms with Crippen molar-refractivity contribution in [3.8, 4) is 5.75 Å². The average Bonchev–Trinajstić information content (AvgIpc) is 2.81. The first-order chi connectivity index (χ1) is 14.6. The standard InChI is InChI=1S/C24H25N3O3/c1-27(21-6-4-3-5-7-21)24(29)19-10-12-20(13-11-19)25-17-23(28)26-16-18-8-14-22(30-2)15-9-18/h3-15,25H,16-17H2,1-2H3,(H,26,28). The van der Waals surface area contributed by atoms with Crippen LogP contribution in [0.5, 0.6) is 5.75 Å². The van der Waals surface area contributed by atoms with E-state index >= 15 is 0 Å². The molecule has 0 aliphatic rings. The van der Waals surface area contributed by atoms with Crippen molar-refractivity contribution in [1.29, 1.82) is 0 Å². The lowest BCUT2D eigenvalue weighted by Crippen LogP contribution is -2.29. The van der Waals surface area contributed by atoms with E-state index in [1.165, 1.54) is 0 Å². The van der Waals surface area contributed by atoms with E-state index in [0.29, 0.717) is 12.1 Å². The number of rotatable bonds is 8. The van der Waals surface area contributed by atoms with Gasteiger partial charge in [0.15, 0.2) is 0 Å². The van der Waals surface area contributed by atoms with Gasteiger partial charge in [-0.05, 0) is 54.1 Å². The second-order valence-corrected chi connectivity index (χ2v) is 6.76. The Hall–Kier alpha value is -3.80. The number of hydrogen-bond acceptors (Lipinski definition) is 4. The van der Waals surface area contributed by atoms with E-state index < -0.39 is 0 Å². The summed E-state index contributed by atoms with van der Waals surface area (Å²) in [4.78, 5) is 26.3. The molecule has 3 aromatic carbocycles. The SMILES string of the molecule is COc1ccc(CNC(=O)CNc2ccc(C(=O)N(C)c3ccccc3)cc2)cc1. The van der Waals surface area contributed by atoms with E-state index in [0.717, 1.165) is 22.7 Å². The Balaban J connectivity index is 1.48.